The van der Waals surface area contributed by atoms with Crippen molar-refractivity contribution in [3.05, 3.63) is 12.2 Å². The van der Waals surface area contributed by atoms with E-state index in [4.69, 9.17) is 4.74 Å². The van der Waals surface area contributed by atoms with Gasteiger partial charge in [-0.25, -0.2) is 4.79 Å². The van der Waals surface area contributed by atoms with Crippen LogP contribution < -0.4 is 5.32 Å². The number of carbonyl (C=O) groups is 1. The largest absolute Gasteiger partial charge is 0.444 e. The van der Waals surface area contributed by atoms with E-state index in [1.807, 2.05) is 20.8 Å². The fourth-order valence-corrected chi connectivity index (χ4v) is 2.58. The van der Waals surface area contributed by atoms with Crippen LogP contribution in [0.25, 0.3) is 0 Å². The molecule has 20 heavy (non-hydrogen) atoms. The molecule has 0 bridgehead atoms. The topological polar surface area (TPSA) is 38.3 Å². The van der Waals surface area contributed by atoms with Crippen LogP contribution in [-0.2, 0) is 4.74 Å². The number of carbonyl (C=O) groups excluding carboxylic acids is 1. The van der Waals surface area contributed by atoms with Crippen molar-refractivity contribution < 1.29 is 9.53 Å². The van der Waals surface area contributed by atoms with Gasteiger partial charge in [-0.15, -0.1) is 0 Å². The summed E-state index contributed by atoms with van der Waals surface area (Å²) >= 11 is 0. The minimum absolute atomic E-state index is 0.0567. The highest BCUT2D eigenvalue weighted by Crippen LogP contribution is 2.12. The molecule has 118 valence electrons. The molecule has 3 nitrogen and oxygen atoms in total. The fourth-order valence-electron chi connectivity index (χ4n) is 1.74. The highest BCUT2D eigenvalue weighted by Gasteiger charge is 2.19. The summed E-state index contributed by atoms with van der Waals surface area (Å²) in [7, 11) is -1.07. The summed E-state index contributed by atoms with van der Waals surface area (Å²) in [6, 6.07) is 1.19. The summed E-state index contributed by atoms with van der Waals surface area (Å²) in [6.45, 7) is 17.0. The maximum Gasteiger partial charge on any atom is 0.408 e. The Bertz CT molecular complexity index is 324. The molecule has 0 radical (unpaired) electrons. The lowest BCUT2D eigenvalue weighted by molar-refractivity contribution is 0.0510. The number of amides is 1. The second-order valence-corrected chi connectivity index (χ2v) is 13.6. The molecule has 0 aromatic heterocycles. The molecule has 4 heteroatoms. The molecule has 0 aromatic carbocycles. The van der Waals surface area contributed by atoms with Crippen LogP contribution in [0.1, 0.15) is 41.0 Å². The second-order valence-electron chi connectivity index (χ2n) is 8.08. The first kappa shape index (κ1) is 19.2. The molecule has 0 aromatic rings. The molecule has 1 N–H and O–H groups in total. The Labute approximate surface area is 126 Å². The van der Waals surface area contributed by atoms with Crippen molar-refractivity contribution in [3.63, 3.8) is 0 Å². The van der Waals surface area contributed by atoms with E-state index in [1.165, 1.54) is 0 Å². The fraction of sp³-hybridized carbons (Fsp3) is 0.812. The zero-order valence-corrected chi connectivity index (χ0v) is 15.5. The lowest BCUT2D eigenvalue weighted by Gasteiger charge is -2.23. The zero-order chi connectivity index (χ0) is 16.0. The quantitative estimate of drug-likeness (QED) is 0.564. The standard InChI is InChI=1S/C16H33NO2Si/c1-13(2)12-14(10-9-11-20(6,7)8)17-15(18)19-16(3,4)5/h9-10,13-14H,11-12H2,1-8H3,(H,17,18)/b10-9-/t14-/m1/s1. The number of hydrogen-bond donors (Lipinski definition) is 1. The van der Waals surface area contributed by atoms with E-state index >= 15 is 0 Å². The third-order valence-corrected chi connectivity index (χ3v) is 3.99. The summed E-state index contributed by atoms with van der Waals surface area (Å²) in [5.41, 5.74) is -0.450. The van der Waals surface area contributed by atoms with E-state index in [0.29, 0.717) is 5.92 Å². The minimum atomic E-state index is -1.07. The van der Waals surface area contributed by atoms with Crippen LogP contribution in [0.3, 0.4) is 0 Å². The summed E-state index contributed by atoms with van der Waals surface area (Å²) in [5.74, 6) is 0.534. The maximum atomic E-state index is 11.9. The van der Waals surface area contributed by atoms with Crippen LogP contribution in [0.4, 0.5) is 4.79 Å². The molecule has 1 atom stereocenters. The van der Waals surface area contributed by atoms with Crippen LogP contribution >= 0.6 is 0 Å². The van der Waals surface area contributed by atoms with Crippen LogP contribution in [0.2, 0.25) is 25.7 Å². The van der Waals surface area contributed by atoms with Gasteiger partial charge in [-0.1, -0.05) is 45.6 Å². The SMILES string of the molecule is CC(C)C[C@@H](/C=C\C[Si](C)(C)C)NC(=O)OC(C)(C)C. The van der Waals surface area contributed by atoms with Crippen LogP contribution in [0.5, 0.6) is 0 Å². The average molecular weight is 300 g/mol. The summed E-state index contributed by atoms with van der Waals surface area (Å²) in [5, 5.41) is 2.96. The van der Waals surface area contributed by atoms with Crippen LogP contribution in [0.15, 0.2) is 12.2 Å². The highest BCUT2D eigenvalue weighted by atomic mass is 28.3. The van der Waals surface area contributed by atoms with E-state index in [-0.39, 0.29) is 12.1 Å². The molecule has 0 aliphatic rings. The summed E-state index contributed by atoms with van der Waals surface area (Å²) < 4.78 is 5.32. The Morgan fingerprint density at radius 1 is 1.25 bits per heavy atom. The van der Waals surface area contributed by atoms with Gasteiger partial charge in [0.05, 0.1) is 6.04 Å². The van der Waals surface area contributed by atoms with Crippen molar-refractivity contribution >= 4 is 14.2 Å². The maximum absolute atomic E-state index is 11.9. The zero-order valence-electron chi connectivity index (χ0n) is 14.5. The van der Waals surface area contributed by atoms with Gasteiger partial charge in [0.2, 0.25) is 0 Å². The van der Waals surface area contributed by atoms with Crippen molar-refractivity contribution in [2.75, 3.05) is 0 Å². The third-order valence-electron chi connectivity index (χ3n) is 2.53. The summed E-state index contributed by atoms with van der Waals surface area (Å²) in [4.78, 5) is 11.9. The molecular formula is C16H33NO2Si. The van der Waals surface area contributed by atoms with Crippen LogP contribution in [0, 0.1) is 5.92 Å². The van der Waals surface area contributed by atoms with E-state index in [2.05, 4.69) is 51.0 Å². The molecule has 0 saturated carbocycles. The van der Waals surface area contributed by atoms with Crippen molar-refractivity contribution in [2.45, 2.75) is 78.4 Å². The Morgan fingerprint density at radius 2 is 1.80 bits per heavy atom. The number of ether oxygens (including phenoxy) is 1. The number of hydrogen-bond acceptors (Lipinski definition) is 2. The molecular weight excluding hydrogens is 266 g/mol. The Balaban J connectivity index is 4.53. The van der Waals surface area contributed by atoms with E-state index in [9.17, 15) is 4.79 Å². The summed E-state index contributed by atoms with van der Waals surface area (Å²) in [6.07, 6.45) is 4.95. The molecule has 0 heterocycles. The number of rotatable bonds is 6. The predicted octanol–water partition coefficient (Wildman–Crippen LogP) is 4.82. The minimum Gasteiger partial charge on any atom is -0.444 e. The van der Waals surface area contributed by atoms with Gasteiger partial charge < -0.3 is 10.1 Å². The molecule has 0 aliphatic heterocycles. The first-order chi connectivity index (χ1) is 8.89. The smallest absolute Gasteiger partial charge is 0.408 e. The molecule has 0 spiro atoms. The molecule has 0 rings (SSSR count). The number of allylic oxidation sites excluding steroid dienone is 1. The van der Waals surface area contributed by atoms with Gasteiger partial charge in [-0.05, 0) is 39.2 Å². The second kappa shape index (κ2) is 7.86. The normalized spacial score (nSPS) is 14.7. The van der Waals surface area contributed by atoms with E-state index in [0.717, 1.165) is 12.5 Å². The van der Waals surface area contributed by atoms with Gasteiger partial charge in [0.1, 0.15) is 5.60 Å². The van der Waals surface area contributed by atoms with Crippen molar-refractivity contribution in [3.8, 4) is 0 Å². The van der Waals surface area contributed by atoms with E-state index in [1.54, 1.807) is 0 Å². The van der Waals surface area contributed by atoms with Gasteiger partial charge in [-0.2, -0.15) is 0 Å². The molecule has 0 aliphatic carbocycles. The lowest BCUT2D eigenvalue weighted by atomic mass is 10.0. The average Bonchev–Trinajstić information content (AvgIpc) is 2.10. The van der Waals surface area contributed by atoms with Crippen LogP contribution in [-0.4, -0.2) is 25.8 Å². The predicted molar refractivity (Wildman–Crippen MR) is 89.9 cm³/mol. The lowest BCUT2D eigenvalue weighted by Crippen LogP contribution is -2.38. The molecule has 0 saturated heterocycles. The van der Waals surface area contributed by atoms with Crippen molar-refractivity contribution in [1.82, 2.24) is 5.32 Å². The molecule has 1 amide bonds. The van der Waals surface area contributed by atoms with Gasteiger partial charge >= 0.3 is 6.09 Å². The Kier molecular flexibility index (Phi) is 7.56. The van der Waals surface area contributed by atoms with Crippen molar-refractivity contribution in [2.24, 2.45) is 5.92 Å². The Hall–Kier alpha value is -0.773. The first-order valence-electron chi connectivity index (χ1n) is 7.55. The highest BCUT2D eigenvalue weighted by molar-refractivity contribution is 6.76. The first-order valence-corrected chi connectivity index (χ1v) is 11.3. The van der Waals surface area contributed by atoms with Gasteiger partial charge in [0.15, 0.2) is 0 Å². The monoisotopic (exact) mass is 299 g/mol. The van der Waals surface area contributed by atoms with E-state index < -0.39 is 13.7 Å². The van der Waals surface area contributed by atoms with Gasteiger partial charge in [0, 0.05) is 8.07 Å². The number of alkyl carbamates (subject to hydrolysis) is 1. The van der Waals surface area contributed by atoms with Crippen molar-refractivity contribution in [1.29, 1.82) is 0 Å². The van der Waals surface area contributed by atoms with Gasteiger partial charge in [0.25, 0.3) is 0 Å². The molecule has 0 unspecified atom stereocenters. The third kappa shape index (κ3) is 12.3. The van der Waals surface area contributed by atoms with Gasteiger partial charge in [-0.3, -0.25) is 0 Å². The Morgan fingerprint density at radius 3 is 2.20 bits per heavy atom. The number of nitrogens with one attached hydrogen (secondary N) is 1. The molecule has 0 fully saturated rings.